The van der Waals surface area contributed by atoms with Gasteiger partial charge in [0, 0.05) is 5.56 Å². The minimum absolute atomic E-state index is 0.0447. The van der Waals surface area contributed by atoms with E-state index in [0.717, 1.165) is 0 Å². The van der Waals surface area contributed by atoms with Crippen LogP contribution in [0.2, 0.25) is 0 Å². The number of rotatable bonds is 5. The number of amides is 1. The molecule has 0 aromatic heterocycles. The van der Waals surface area contributed by atoms with E-state index in [0.29, 0.717) is 6.42 Å². The Bertz CT molecular complexity index is 443. The monoisotopic (exact) mass is 273 g/mol. The van der Waals surface area contributed by atoms with Gasteiger partial charge in [-0.25, -0.2) is 0 Å². The minimum atomic E-state index is -4.94. The summed E-state index contributed by atoms with van der Waals surface area (Å²) in [6.45, 7) is 1.64. The number of halogens is 3. The molecule has 0 saturated carbocycles. The Morgan fingerprint density at radius 1 is 1.21 bits per heavy atom. The zero-order valence-electron chi connectivity index (χ0n) is 10.3. The number of nitrogens with one attached hydrogen (secondary N) is 1. The van der Waals surface area contributed by atoms with Crippen molar-refractivity contribution in [2.24, 2.45) is 0 Å². The fourth-order valence-electron chi connectivity index (χ4n) is 1.59. The van der Waals surface area contributed by atoms with Crippen molar-refractivity contribution in [2.75, 3.05) is 0 Å². The van der Waals surface area contributed by atoms with Gasteiger partial charge in [-0.15, -0.1) is 0 Å². The predicted molar refractivity (Wildman–Crippen MR) is 63.7 cm³/mol. The second-order valence-electron chi connectivity index (χ2n) is 4.04. The van der Waals surface area contributed by atoms with E-state index in [9.17, 15) is 22.8 Å². The molecule has 3 nitrogen and oxygen atoms in total. The maximum absolute atomic E-state index is 12.4. The summed E-state index contributed by atoms with van der Waals surface area (Å²) in [6.07, 6.45) is -4.62. The summed E-state index contributed by atoms with van der Waals surface area (Å²) in [5.41, 5.74) is 0.221. The molecule has 0 aliphatic heterocycles. The summed E-state index contributed by atoms with van der Waals surface area (Å²) >= 11 is 0. The molecule has 0 bridgehead atoms. The molecule has 1 N–H and O–H groups in total. The van der Waals surface area contributed by atoms with Crippen LogP contribution >= 0.6 is 0 Å². The third-order valence-electron chi connectivity index (χ3n) is 2.51. The Balaban J connectivity index is 2.80. The number of carbonyl (C=O) groups excluding carboxylic acids is 2. The number of hydrogen-bond acceptors (Lipinski definition) is 2. The summed E-state index contributed by atoms with van der Waals surface area (Å²) in [7, 11) is 0. The highest BCUT2D eigenvalue weighted by Gasteiger charge is 2.43. The molecule has 19 heavy (non-hydrogen) atoms. The number of Topliss-reactive ketones (excluding diaryl/α,β-unsaturated/α-hetero) is 1. The molecule has 0 radical (unpaired) electrons. The first-order valence-corrected chi connectivity index (χ1v) is 5.83. The fourth-order valence-corrected chi connectivity index (χ4v) is 1.59. The van der Waals surface area contributed by atoms with Gasteiger partial charge in [0.2, 0.25) is 0 Å². The lowest BCUT2D eigenvalue weighted by Crippen LogP contribution is -2.46. The lowest BCUT2D eigenvalue weighted by Gasteiger charge is -2.18. The molecule has 1 aromatic carbocycles. The summed E-state index contributed by atoms with van der Waals surface area (Å²) in [5.74, 6) is -2.60. The highest BCUT2D eigenvalue weighted by atomic mass is 19.4. The number of alkyl halides is 3. The number of carbonyl (C=O) groups is 2. The Kier molecular flexibility index (Phi) is 5.09. The lowest BCUT2D eigenvalue weighted by atomic mass is 10.1. The highest BCUT2D eigenvalue weighted by Crippen LogP contribution is 2.20. The Morgan fingerprint density at radius 2 is 1.79 bits per heavy atom. The number of benzene rings is 1. The van der Waals surface area contributed by atoms with E-state index in [1.165, 1.54) is 12.1 Å². The molecule has 0 aliphatic rings. The van der Waals surface area contributed by atoms with E-state index < -0.39 is 23.9 Å². The van der Waals surface area contributed by atoms with Crippen LogP contribution in [0.15, 0.2) is 30.3 Å². The standard InChI is InChI=1S/C13H14F3NO2/c1-2-6-10(11(18)13(14,15)16)17-12(19)9-7-4-3-5-8-9/h3-5,7-8,10H,2,6H2,1H3,(H,17,19). The number of ketones is 1. The van der Waals surface area contributed by atoms with E-state index in [1.807, 2.05) is 0 Å². The van der Waals surface area contributed by atoms with Gasteiger partial charge in [-0.2, -0.15) is 13.2 Å². The Hall–Kier alpha value is -1.85. The summed E-state index contributed by atoms with van der Waals surface area (Å²) in [4.78, 5) is 22.9. The van der Waals surface area contributed by atoms with Crippen molar-refractivity contribution in [3.8, 4) is 0 Å². The maximum Gasteiger partial charge on any atom is 0.452 e. The van der Waals surface area contributed by atoms with Gasteiger partial charge in [-0.3, -0.25) is 9.59 Å². The van der Waals surface area contributed by atoms with Crippen molar-refractivity contribution >= 4 is 11.7 Å². The Morgan fingerprint density at radius 3 is 2.26 bits per heavy atom. The van der Waals surface area contributed by atoms with E-state index in [-0.39, 0.29) is 12.0 Å². The van der Waals surface area contributed by atoms with Gasteiger partial charge in [-0.1, -0.05) is 31.5 Å². The quantitative estimate of drug-likeness (QED) is 0.896. The zero-order chi connectivity index (χ0) is 14.5. The van der Waals surface area contributed by atoms with E-state index in [4.69, 9.17) is 0 Å². The highest BCUT2D eigenvalue weighted by molar-refractivity contribution is 5.99. The second-order valence-corrected chi connectivity index (χ2v) is 4.04. The third-order valence-corrected chi connectivity index (χ3v) is 2.51. The molecular weight excluding hydrogens is 259 g/mol. The topological polar surface area (TPSA) is 46.2 Å². The van der Waals surface area contributed by atoms with Gasteiger partial charge in [0.25, 0.3) is 11.7 Å². The van der Waals surface area contributed by atoms with Gasteiger partial charge in [0.1, 0.15) is 0 Å². The van der Waals surface area contributed by atoms with Crippen LogP contribution in [0.25, 0.3) is 0 Å². The van der Waals surface area contributed by atoms with Crippen molar-refractivity contribution in [3.05, 3.63) is 35.9 Å². The SMILES string of the molecule is CCCC(NC(=O)c1ccccc1)C(=O)C(F)(F)F. The molecule has 1 amide bonds. The van der Waals surface area contributed by atoms with Crippen molar-refractivity contribution in [3.63, 3.8) is 0 Å². The second kappa shape index (κ2) is 6.36. The summed E-state index contributed by atoms with van der Waals surface area (Å²) in [5, 5.41) is 2.13. The van der Waals surface area contributed by atoms with E-state index in [2.05, 4.69) is 5.32 Å². The van der Waals surface area contributed by atoms with Gasteiger partial charge in [-0.05, 0) is 18.6 Å². The van der Waals surface area contributed by atoms with Crippen molar-refractivity contribution < 1.29 is 22.8 Å². The first-order chi connectivity index (χ1) is 8.86. The zero-order valence-corrected chi connectivity index (χ0v) is 10.3. The number of hydrogen-bond donors (Lipinski definition) is 1. The molecule has 1 aromatic rings. The molecule has 0 saturated heterocycles. The van der Waals surface area contributed by atoms with Gasteiger partial charge < -0.3 is 5.32 Å². The van der Waals surface area contributed by atoms with Gasteiger partial charge in [0.15, 0.2) is 0 Å². The van der Waals surface area contributed by atoms with Crippen LogP contribution in [0.3, 0.4) is 0 Å². The van der Waals surface area contributed by atoms with Crippen LogP contribution < -0.4 is 5.32 Å². The fraction of sp³-hybridized carbons (Fsp3) is 0.385. The first-order valence-electron chi connectivity index (χ1n) is 5.83. The van der Waals surface area contributed by atoms with Crippen molar-refractivity contribution in [1.82, 2.24) is 5.32 Å². The Labute approximate surface area is 108 Å². The molecule has 0 spiro atoms. The molecule has 1 unspecified atom stereocenters. The van der Waals surface area contributed by atoms with Crippen molar-refractivity contribution in [1.29, 1.82) is 0 Å². The van der Waals surface area contributed by atoms with Crippen molar-refractivity contribution in [2.45, 2.75) is 32.0 Å². The largest absolute Gasteiger partial charge is 0.452 e. The molecule has 0 fully saturated rings. The molecule has 104 valence electrons. The lowest BCUT2D eigenvalue weighted by molar-refractivity contribution is -0.173. The van der Waals surface area contributed by atoms with Gasteiger partial charge in [0.05, 0.1) is 6.04 Å². The van der Waals surface area contributed by atoms with Crippen LogP contribution in [0.4, 0.5) is 13.2 Å². The average Bonchev–Trinajstić information content (AvgIpc) is 2.37. The molecule has 1 atom stereocenters. The third kappa shape index (κ3) is 4.39. The summed E-state index contributed by atoms with van der Waals surface area (Å²) in [6, 6.07) is 6.27. The van der Waals surface area contributed by atoms with Crippen LogP contribution in [0.1, 0.15) is 30.1 Å². The molecule has 0 heterocycles. The van der Waals surface area contributed by atoms with Crippen LogP contribution in [0, 0.1) is 0 Å². The van der Waals surface area contributed by atoms with Crippen LogP contribution in [-0.4, -0.2) is 23.9 Å². The molecule has 1 rings (SSSR count). The minimum Gasteiger partial charge on any atom is -0.342 e. The van der Waals surface area contributed by atoms with Crippen LogP contribution in [-0.2, 0) is 4.79 Å². The maximum atomic E-state index is 12.4. The van der Waals surface area contributed by atoms with Crippen LogP contribution in [0.5, 0.6) is 0 Å². The molecule has 0 aliphatic carbocycles. The molecular formula is C13H14F3NO2. The van der Waals surface area contributed by atoms with E-state index >= 15 is 0 Å². The summed E-state index contributed by atoms with van der Waals surface area (Å²) < 4.78 is 37.1. The average molecular weight is 273 g/mol. The van der Waals surface area contributed by atoms with Gasteiger partial charge >= 0.3 is 6.18 Å². The first kappa shape index (κ1) is 15.2. The normalized spacial score (nSPS) is 12.8. The molecule has 6 heteroatoms. The van der Waals surface area contributed by atoms with E-state index in [1.54, 1.807) is 25.1 Å². The smallest absolute Gasteiger partial charge is 0.342 e. The predicted octanol–water partition coefficient (Wildman–Crippen LogP) is 2.72.